The third kappa shape index (κ3) is 3.89. The molecule has 1 N–H and O–H groups in total. The Kier molecular flexibility index (Phi) is 6.20. The molecular weight excluding hydrogens is 476 g/mol. The van der Waals surface area contributed by atoms with Gasteiger partial charge in [-0.2, -0.15) is 0 Å². The van der Waals surface area contributed by atoms with Crippen molar-refractivity contribution in [3.63, 3.8) is 0 Å². The summed E-state index contributed by atoms with van der Waals surface area (Å²) < 4.78 is 11.8. The van der Waals surface area contributed by atoms with Gasteiger partial charge in [-0.05, 0) is 41.8 Å². The van der Waals surface area contributed by atoms with Crippen LogP contribution in [0.4, 0.5) is 5.13 Å². The monoisotopic (exact) mass is 500 g/mol. The van der Waals surface area contributed by atoms with Gasteiger partial charge in [0, 0.05) is 5.56 Å². The van der Waals surface area contributed by atoms with E-state index >= 15 is 0 Å². The molecule has 1 atom stereocenters. The fraction of sp³-hybridized carbons (Fsp3) is 0.179. The van der Waals surface area contributed by atoms with E-state index < -0.39 is 17.7 Å². The van der Waals surface area contributed by atoms with E-state index in [1.807, 2.05) is 24.3 Å². The highest BCUT2D eigenvalue weighted by atomic mass is 32.1. The summed E-state index contributed by atoms with van der Waals surface area (Å²) in [5.74, 6) is -0.817. The largest absolute Gasteiger partial charge is 0.507 e. The van der Waals surface area contributed by atoms with E-state index in [1.54, 1.807) is 42.5 Å². The van der Waals surface area contributed by atoms with Crippen LogP contribution in [0.25, 0.3) is 16.0 Å². The molecule has 0 aliphatic carbocycles. The van der Waals surface area contributed by atoms with Gasteiger partial charge in [-0.15, -0.1) is 0 Å². The Labute approximate surface area is 212 Å². The SMILES string of the molecule is CCc1ccc2nc(N3C(=O)C(=O)C(=C(O)c4ccccc4)[C@H]3c3ccc(OC)c(OC)c3)sc2c1. The number of hydrogen-bond acceptors (Lipinski definition) is 7. The van der Waals surface area contributed by atoms with Crippen molar-refractivity contribution >= 4 is 44.1 Å². The number of fused-ring (bicyclic) bond motifs is 1. The Morgan fingerprint density at radius 3 is 2.44 bits per heavy atom. The molecule has 0 saturated carbocycles. The standard InChI is InChI=1S/C28H24N2O5S/c1-4-16-10-12-19-22(14-16)36-28(29-19)30-24(18-11-13-20(34-2)21(15-18)35-3)23(26(32)27(30)33)25(31)17-8-6-5-7-9-17/h5-15,24,31H,4H2,1-3H3/t24-/m1/s1. The molecule has 0 spiro atoms. The van der Waals surface area contributed by atoms with Gasteiger partial charge in [0.05, 0.1) is 36.1 Å². The summed E-state index contributed by atoms with van der Waals surface area (Å²) in [5.41, 5.74) is 2.91. The van der Waals surface area contributed by atoms with E-state index in [-0.39, 0.29) is 11.3 Å². The lowest BCUT2D eigenvalue weighted by molar-refractivity contribution is -0.132. The maximum atomic E-state index is 13.5. The molecule has 0 unspecified atom stereocenters. The summed E-state index contributed by atoms with van der Waals surface area (Å²) in [6, 6.07) is 19.0. The highest BCUT2D eigenvalue weighted by Gasteiger charge is 2.48. The number of ketones is 1. The summed E-state index contributed by atoms with van der Waals surface area (Å²) >= 11 is 1.34. The van der Waals surface area contributed by atoms with Gasteiger partial charge >= 0.3 is 5.91 Å². The van der Waals surface area contributed by atoms with Crippen molar-refractivity contribution in [1.82, 2.24) is 4.98 Å². The first-order chi connectivity index (χ1) is 17.5. The van der Waals surface area contributed by atoms with E-state index in [0.717, 1.165) is 22.2 Å². The number of anilines is 1. The van der Waals surface area contributed by atoms with Crippen molar-refractivity contribution < 1.29 is 24.2 Å². The van der Waals surface area contributed by atoms with Crippen molar-refractivity contribution in [2.45, 2.75) is 19.4 Å². The zero-order valence-corrected chi connectivity index (χ0v) is 20.8. The van der Waals surface area contributed by atoms with Crippen LogP contribution in [0.15, 0.2) is 72.3 Å². The minimum atomic E-state index is -0.906. The van der Waals surface area contributed by atoms with Crippen molar-refractivity contribution in [3.05, 3.63) is 89.0 Å². The Hall–Kier alpha value is -4.17. The Bertz CT molecular complexity index is 1510. The number of benzene rings is 3. The third-order valence-electron chi connectivity index (χ3n) is 6.27. The van der Waals surface area contributed by atoms with Crippen LogP contribution < -0.4 is 14.4 Å². The highest BCUT2D eigenvalue weighted by Crippen LogP contribution is 2.45. The average Bonchev–Trinajstić information content (AvgIpc) is 3.45. The lowest BCUT2D eigenvalue weighted by Gasteiger charge is -2.23. The average molecular weight is 501 g/mol. The van der Waals surface area contributed by atoms with Crippen molar-refractivity contribution in [2.24, 2.45) is 0 Å². The Balaban J connectivity index is 1.74. The van der Waals surface area contributed by atoms with E-state index in [0.29, 0.717) is 27.8 Å². The predicted molar refractivity (Wildman–Crippen MR) is 140 cm³/mol. The van der Waals surface area contributed by atoms with Crippen LogP contribution in [-0.2, 0) is 16.0 Å². The maximum Gasteiger partial charge on any atom is 0.301 e. The second kappa shape index (κ2) is 9.47. The van der Waals surface area contributed by atoms with Crippen LogP contribution in [0.1, 0.15) is 29.7 Å². The molecule has 2 heterocycles. The topological polar surface area (TPSA) is 89.0 Å². The molecule has 1 fully saturated rings. The molecule has 1 aliphatic rings. The number of methoxy groups -OCH3 is 2. The molecule has 0 bridgehead atoms. The fourth-order valence-electron chi connectivity index (χ4n) is 4.40. The number of aliphatic hydroxyl groups is 1. The van der Waals surface area contributed by atoms with Crippen molar-refractivity contribution in [2.75, 3.05) is 19.1 Å². The van der Waals surface area contributed by atoms with Gasteiger partial charge in [0.25, 0.3) is 5.78 Å². The summed E-state index contributed by atoms with van der Waals surface area (Å²) in [4.78, 5) is 32.9. The van der Waals surface area contributed by atoms with Crippen LogP contribution in [0.2, 0.25) is 0 Å². The smallest absolute Gasteiger partial charge is 0.301 e. The molecule has 4 aromatic rings. The number of aryl methyl sites for hydroxylation is 1. The number of Topliss-reactive ketones (excluding diaryl/α,β-unsaturated/α-hetero) is 1. The highest BCUT2D eigenvalue weighted by molar-refractivity contribution is 7.22. The summed E-state index contributed by atoms with van der Waals surface area (Å²) in [6.45, 7) is 2.07. The molecule has 36 heavy (non-hydrogen) atoms. The molecule has 3 aromatic carbocycles. The van der Waals surface area contributed by atoms with E-state index in [4.69, 9.17) is 9.47 Å². The maximum absolute atomic E-state index is 13.5. The van der Waals surface area contributed by atoms with Gasteiger partial charge < -0.3 is 14.6 Å². The molecule has 7 nitrogen and oxygen atoms in total. The quantitative estimate of drug-likeness (QED) is 0.214. The van der Waals surface area contributed by atoms with Crippen LogP contribution in [0.5, 0.6) is 11.5 Å². The summed E-state index contributed by atoms with van der Waals surface area (Å²) in [5, 5.41) is 11.6. The van der Waals surface area contributed by atoms with Crippen LogP contribution >= 0.6 is 11.3 Å². The minimum Gasteiger partial charge on any atom is -0.507 e. The molecular formula is C28H24N2O5S. The first kappa shape index (κ1) is 23.6. The Morgan fingerprint density at radius 2 is 1.75 bits per heavy atom. The lowest BCUT2D eigenvalue weighted by atomic mass is 9.95. The zero-order chi connectivity index (χ0) is 25.4. The number of rotatable bonds is 6. The second-order valence-corrected chi connectivity index (χ2v) is 9.31. The molecule has 1 aliphatic heterocycles. The van der Waals surface area contributed by atoms with Gasteiger partial charge in [0.1, 0.15) is 5.76 Å². The number of amides is 1. The van der Waals surface area contributed by atoms with Crippen molar-refractivity contribution in [1.29, 1.82) is 0 Å². The third-order valence-corrected chi connectivity index (χ3v) is 7.29. The number of thiazole rings is 1. The molecule has 182 valence electrons. The Morgan fingerprint density at radius 1 is 1.00 bits per heavy atom. The number of hydrogen-bond donors (Lipinski definition) is 1. The number of nitrogens with zero attached hydrogens (tertiary/aromatic N) is 2. The normalized spacial score (nSPS) is 17.1. The molecule has 1 amide bonds. The molecule has 5 rings (SSSR count). The molecule has 0 radical (unpaired) electrons. The van der Waals surface area contributed by atoms with Gasteiger partial charge in [0.2, 0.25) is 0 Å². The van der Waals surface area contributed by atoms with Gasteiger partial charge in [-0.3, -0.25) is 14.5 Å². The number of carbonyl (C=O) groups excluding carboxylic acids is 2. The number of ether oxygens (including phenoxy) is 2. The fourth-order valence-corrected chi connectivity index (χ4v) is 5.46. The number of carbonyl (C=O) groups is 2. The van der Waals surface area contributed by atoms with Crippen LogP contribution in [-0.4, -0.2) is 36.0 Å². The predicted octanol–water partition coefficient (Wildman–Crippen LogP) is 5.50. The summed E-state index contributed by atoms with van der Waals surface area (Å²) in [7, 11) is 3.05. The van der Waals surface area contributed by atoms with Crippen LogP contribution in [0.3, 0.4) is 0 Å². The summed E-state index contributed by atoms with van der Waals surface area (Å²) in [6.07, 6.45) is 0.871. The van der Waals surface area contributed by atoms with E-state index in [2.05, 4.69) is 11.9 Å². The van der Waals surface area contributed by atoms with Crippen LogP contribution in [0, 0.1) is 0 Å². The molecule has 1 saturated heterocycles. The lowest BCUT2D eigenvalue weighted by Crippen LogP contribution is -2.29. The second-order valence-electron chi connectivity index (χ2n) is 8.30. The van der Waals surface area contributed by atoms with Gasteiger partial charge in [-0.25, -0.2) is 4.98 Å². The van der Waals surface area contributed by atoms with Crippen molar-refractivity contribution in [3.8, 4) is 11.5 Å². The van der Waals surface area contributed by atoms with E-state index in [1.165, 1.54) is 30.5 Å². The first-order valence-corrected chi connectivity index (χ1v) is 12.3. The van der Waals surface area contributed by atoms with E-state index in [9.17, 15) is 14.7 Å². The zero-order valence-electron chi connectivity index (χ0n) is 20.0. The first-order valence-electron chi connectivity index (χ1n) is 11.4. The van der Waals surface area contributed by atoms with Gasteiger partial charge in [-0.1, -0.05) is 60.7 Å². The molecule has 1 aromatic heterocycles. The number of aromatic nitrogens is 1. The minimum absolute atomic E-state index is 0.00748. The van der Waals surface area contributed by atoms with Gasteiger partial charge in [0.15, 0.2) is 16.6 Å². The molecule has 8 heteroatoms. The number of aliphatic hydroxyl groups excluding tert-OH is 1.